The summed E-state index contributed by atoms with van der Waals surface area (Å²) < 4.78 is 0. The van der Waals surface area contributed by atoms with Gasteiger partial charge in [-0.1, -0.05) is 43.1 Å². The second-order valence-corrected chi connectivity index (χ2v) is 7.10. The Morgan fingerprint density at radius 1 is 1.14 bits per heavy atom. The Kier molecular flexibility index (Phi) is 3.54. The first-order valence-corrected chi connectivity index (χ1v) is 7.66. The third-order valence-electron chi connectivity index (χ3n) is 4.11. The zero-order valence-electron chi connectivity index (χ0n) is 12.0. The standard InChI is InChI=1S/C17H17Cl2NO/c1-17(2)9-10-3-4-11(18)7-13(10)16(17)20-12-5-6-15(21)14(19)8-12/h3-8,16,20-21H,9H2,1-2H3. The van der Waals surface area contributed by atoms with Crippen LogP contribution >= 0.6 is 23.2 Å². The lowest BCUT2D eigenvalue weighted by Crippen LogP contribution is -2.24. The first kappa shape index (κ1) is 14.6. The number of fused-ring (bicyclic) bond motifs is 1. The van der Waals surface area contributed by atoms with Gasteiger partial charge in [-0.05, 0) is 53.3 Å². The largest absolute Gasteiger partial charge is 0.506 e. The molecule has 3 rings (SSSR count). The second kappa shape index (κ2) is 5.11. The Labute approximate surface area is 134 Å². The molecular formula is C17H17Cl2NO. The maximum absolute atomic E-state index is 9.52. The van der Waals surface area contributed by atoms with Gasteiger partial charge in [0, 0.05) is 10.7 Å². The molecule has 0 heterocycles. The highest BCUT2D eigenvalue weighted by Crippen LogP contribution is 2.47. The van der Waals surface area contributed by atoms with Crippen LogP contribution in [0.25, 0.3) is 0 Å². The predicted molar refractivity (Wildman–Crippen MR) is 88.4 cm³/mol. The molecular weight excluding hydrogens is 305 g/mol. The molecule has 0 amide bonds. The lowest BCUT2D eigenvalue weighted by Gasteiger charge is -2.29. The molecule has 0 fully saturated rings. The van der Waals surface area contributed by atoms with Crippen molar-refractivity contribution in [2.24, 2.45) is 5.41 Å². The van der Waals surface area contributed by atoms with E-state index in [9.17, 15) is 5.11 Å². The van der Waals surface area contributed by atoms with Crippen molar-refractivity contribution in [2.45, 2.75) is 26.3 Å². The molecule has 0 saturated heterocycles. The van der Waals surface area contributed by atoms with Crippen molar-refractivity contribution in [3.8, 4) is 5.75 Å². The molecule has 0 bridgehead atoms. The number of nitrogens with one attached hydrogen (secondary N) is 1. The third-order valence-corrected chi connectivity index (χ3v) is 4.64. The molecule has 2 nitrogen and oxygen atoms in total. The van der Waals surface area contributed by atoms with Crippen LogP contribution in [-0.4, -0.2) is 5.11 Å². The molecule has 1 aliphatic rings. The van der Waals surface area contributed by atoms with Gasteiger partial charge in [0.05, 0.1) is 11.1 Å². The fraction of sp³-hybridized carbons (Fsp3) is 0.294. The molecule has 21 heavy (non-hydrogen) atoms. The van der Waals surface area contributed by atoms with Crippen LogP contribution in [0, 0.1) is 5.41 Å². The number of benzene rings is 2. The molecule has 2 aromatic carbocycles. The van der Waals surface area contributed by atoms with Crippen molar-refractivity contribution in [3.05, 3.63) is 57.6 Å². The molecule has 0 saturated carbocycles. The minimum absolute atomic E-state index is 0.0807. The van der Waals surface area contributed by atoms with Gasteiger partial charge in [0.25, 0.3) is 0 Å². The fourth-order valence-corrected chi connectivity index (χ4v) is 3.41. The van der Waals surface area contributed by atoms with E-state index in [2.05, 4.69) is 25.2 Å². The number of hydrogen-bond acceptors (Lipinski definition) is 2. The summed E-state index contributed by atoms with van der Waals surface area (Å²) >= 11 is 12.1. The topological polar surface area (TPSA) is 32.3 Å². The lowest BCUT2D eigenvalue weighted by atomic mass is 9.85. The third kappa shape index (κ3) is 2.70. The van der Waals surface area contributed by atoms with Crippen molar-refractivity contribution in [2.75, 3.05) is 5.32 Å². The molecule has 110 valence electrons. The highest BCUT2D eigenvalue weighted by molar-refractivity contribution is 6.32. The smallest absolute Gasteiger partial charge is 0.134 e. The van der Waals surface area contributed by atoms with Crippen molar-refractivity contribution in [1.82, 2.24) is 0 Å². The fourth-order valence-electron chi connectivity index (χ4n) is 3.05. The molecule has 1 unspecified atom stereocenters. The van der Waals surface area contributed by atoms with Crippen LogP contribution < -0.4 is 5.32 Å². The van der Waals surface area contributed by atoms with E-state index >= 15 is 0 Å². The summed E-state index contributed by atoms with van der Waals surface area (Å²) in [6, 6.07) is 11.4. The van der Waals surface area contributed by atoms with Gasteiger partial charge >= 0.3 is 0 Å². The molecule has 0 spiro atoms. The van der Waals surface area contributed by atoms with Crippen molar-refractivity contribution < 1.29 is 5.11 Å². The first-order chi connectivity index (χ1) is 9.87. The van der Waals surface area contributed by atoms with E-state index in [1.807, 2.05) is 18.2 Å². The Hall–Kier alpha value is -1.38. The average molecular weight is 322 g/mol. The first-order valence-electron chi connectivity index (χ1n) is 6.90. The second-order valence-electron chi connectivity index (χ2n) is 6.25. The Bertz CT molecular complexity index is 697. The number of phenols is 1. The van der Waals surface area contributed by atoms with E-state index in [1.54, 1.807) is 12.1 Å². The normalized spacial score (nSPS) is 19.3. The SMILES string of the molecule is CC1(C)Cc2ccc(Cl)cc2C1Nc1ccc(O)c(Cl)c1. The van der Waals surface area contributed by atoms with Crippen molar-refractivity contribution in [3.63, 3.8) is 0 Å². The van der Waals surface area contributed by atoms with E-state index in [0.29, 0.717) is 5.02 Å². The van der Waals surface area contributed by atoms with Crippen LogP contribution in [0.15, 0.2) is 36.4 Å². The molecule has 0 radical (unpaired) electrons. The molecule has 1 atom stereocenters. The lowest BCUT2D eigenvalue weighted by molar-refractivity contribution is 0.337. The van der Waals surface area contributed by atoms with E-state index in [1.165, 1.54) is 11.1 Å². The van der Waals surface area contributed by atoms with Crippen LogP contribution in [-0.2, 0) is 6.42 Å². The van der Waals surface area contributed by atoms with Gasteiger partial charge in [-0.25, -0.2) is 0 Å². The van der Waals surface area contributed by atoms with E-state index in [-0.39, 0.29) is 17.2 Å². The maximum Gasteiger partial charge on any atom is 0.134 e. The van der Waals surface area contributed by atoms with Gasteiger partial charge in [0.15, 0.2) is 0 Å². The molecule has 4 heteroatoms. The zero-order valence-corrected chi connectivity index (χ0v) is 13.5. The average Bonchev–Trinajstić information content (AvgIpc) is 2.65. The monoisotopic (exact) mass is 321 g/mol. The molecule has 2 aromatic rings. The zero-order chi connectivity index (χ0) is 15.2. The Morgan fingerprint density at radius 3 is 2.62 bits per heavy atom. The van der Waals surface area contributed by atoms with E-state index in [0.717, 1.165) is 17.1 Å². The van der Waals surface area contributed by atoms with E-state index < -0.39 is 0 Å². The maximum atomic E-state index is 9.52. The number of anilines is 1. The molecule has 1 aliphatic carbocycles. The van der Waals surface area contributed by atoms with Crippen LogP contribution in [0.2, 0.25) is 10.0 Å². The number of aromatic hydroxyl groups is 1. The van der Waals surface area contributed by atoms with Gasteiger partial charge in [0.2, 0.25) is 0 Å². The molecule has 2 N–H and O–H groups in total. The number of rotatable bonds is 2. The van der Waals surface area contributed by atoms with Crippen LogP contribution in [0.3, 0.4) is 0 Å². The minimum Gasteiger partial charge on any atom is -0.506 e. The van der Waals surface area contributed by atoms with Gasteiger partial charge in [-0.15, -0.1) is 0 Å². The predicted octanol–water partition coefficient (Wildman–Crippen LogP) is 5.43. The summed E-state index contributed by atoms with van der Waals surface area (Å²) in [6.45, 7) is 4.47. The summed E-state index contributed by atoms with van der Waals surface area (Å²) in [4.78, 5) is 0. The molecule has 0 aromatic heterocycles. The number of phenolic OH excluding ortho intramolecular Hbond substituents is 1. The summed E-state index contributed by atoms with van der Waals surface area (Å²) in [5.74, 6) is 0.0938. The van der Waals surface area contributed by atoms with E-state index in [4.69, 9.17) is 23.2 Å². The summed E-state index contributed by atoms with van der Waals surface area (Å²) in [5.41, 5.74) is 3.53. The van der Waals surface area contributed by atoms with Crippen LogP contribution in [0.1, 0.15) is 31.0 Å². The van der Waals surface area contributed by atoms with Gasteiger partial charge in [-0.3, -0.25) is 0 Å². The van der Waals surface area contributed by atoms with Gasteiger partial charge in [0.1, 0.15) is 5.75 Å². The van der Waals surface area contributed by atoms with Crippen LogP contribution in [0.4, 0.5) is 5.69 Å². The number of halogens is 2. The van der Waals surface area contributed by atoms with Gasteiger partial charge < -0.3 is 10.4 Å². The summed E-state index contributed by atoms with van der Waals surface area (Å²) in [6.07, 6.45) is 1.00. The quantitative estimate of drug-likeness (QED) is 0.722. The van der Waals surface area contributed by atoms with Crippen LogP contribution in [0.5, 0.6) is 5.75 Å². The summed E-state index contributed by atoms with van der Waals surface area (Å²) in [7, 11) is 0. The highest BCUT2D eigenvalue weighted by Gasteiger charge is 2.39. The minimum atomic E-state index is 0.0807. The van der Waals surface area contributed by atoms with Crippen molar-refractivity contribution >= 4 is 28.9 Å². The Balaban J connectivity index is 1.97. The Morgan fingerprint density at radius 2 is 1.90 bits per heavy atom. The highest BCUT2D eigenvalue weighted by atomic mass is 35.5. The summed E-state index contributed by atoms with van der Waals surface area (Å²) in [5, 5.41) is 14.2. The van der Waals surface area contributed by atoms with Crippen molar-refractivity contribution in [1.29, 1.82) is 0 Å². The van der Waals surface area contributed by atoms with Gasteiger partial charge in [-0.2, -0.15) is 0 Å². The molecule has 0 aliphatic heterocycles. The number of hydrogen-bond donors (Lipinski definition) is 2.